The lowest BCUT2D eigenvalue weighted by Crippen LogP contribution is -2.32. The van der Waals surface area contributed by atoms with Crippen molar-refractivity contribution in [2.24, 2.45) is 5.92 Å². The molecule has 0 spiro atoms. The largest absolute Gasteiger partial charge is 0.463 e. The van der Waals surface area contributed by atoms with Crippen LogP contribution in [0.25, 0.3) is 0 Å². The molecular formula is C15H18O2. The molecule has 2 nitrogen and oxygen atoms in total. The normalized spacial score (nSPS) is 14.9. The zero-order valence-corrected chi connectivity index (χ0v) is 10.5. The average molecular weight is 230 g/mol. The van der Waals surface area contributed by atoms with Crippen LogP contribution < -0.4 is 0 Å². The lowest BCUT2D eigenvalue weighted by molar-refractivity contribution is 0.0102. The quantitative estimate of drug-likeness (QED) is 0.875. The molecule has 1 heterocycles. The van der Waals surface area contributed by atoms with Gasteiger partial charge in [0.05, 0.1) is 0 Å². The molecule has 1 unspecified atom stereocenters. The first-order valence-electron chi connectivity index (χ1n) is 5.90. The summed E-state index contributed by atoms with van der Waals surface area (Å²) in [6.45, 7) is 5.87. The predicted octanol–water partition coefficient (Wildman–Crippen LogP) is 3.48. The zero-order valence-electron chi connectivity index (χ0n) is 10.5. The van der Waals surface area contributed by atoms with Gasteiger partial charge in [-0.1, -0.05) is 44.2 Å². The summed E-state index contributed by atoms with van der Waals surface area (Å²) < 4.78 is 5.61. The third-order valence-corrected chi connectivity index (χ3v) is 3.17. The van der Waals surface area contributed by atoms with Gasteiger partial charge in [0.1, 0.15) is 17.1 Å². The molecule has 2 aromatic rings. The van der Waals surface area contributed by atoms with Crippen molar-refractivity contribution in [3.63, 3.8) is 0 Å². The van der Waals surface area contributed by atoms with Crippen LogP contribution in [0, 0.1) is 12.8 Å². The molecule has 0 saturated carbocycles. The van der Waals surface area contributed by atoms with E-state index in [9.17, 15) is 5.11 Å². The highest BCUT2D eigenvalue weighted by atomic mass is 16.4. The van der Waals surface area contributed by atoms with E-state index in [-0.39, 0.29) is 5.92 Å². The number of hydrogen-bond acceptors (Lipinski definition) is 2. The van der Waals surface area contributed by atoms with E-state index in [0.717, 1.165) is 11.3 Å². The van der Waals surface area contributed by atoms with Gasteiger partial charge in [0.25, 0.3) is 0 Å². The van der Waals surface area contributed by atoms with Crippen LogP contribution in [0.15, 0.2) is 46.9 Å². The van der Waals surface area contributed by atoms with Gasteiger partial charge in [-0.3, -0.25) is 0 Å². The lowest BCUT2D eigenvalue weighted by atomic mass is 9.81. The smallest absolute Gasteiger partial charge is 0.149 e. The van der Waals surface area contributed by atoms with Crippen molar-refractivity contribution in [3.8, 4) is 0 Å². The highest BCUT2D eigenvalue weighted by Crippen LogP contribution is 2.37. The Bertz CT molecular complexity index is 485. The fraction of sp³-hybridized carbons (Fsp3) is 0.333. The molecule has 1 atom stereocenters. The maximum Gasteiger partial charge on any atom is 0.149 e. The standard InChI is InChI=1S/C15H18O2/c1-11(2)15(16,13-7-5-4-6-8-13)14-10-9-12(3)17-14/h4-11,16H,1-3H3. The molecule has 0 radical (unpaired) electrons. The Morgan fingerprint density at radius 2 is 1.71 bits per heavy atom. The van der Waals surface area contributed by atoms with Crippen LogP contribution in [0.3, 0.4) is 0 Å². The van der Waals surface area contributed by atoms with Gasteiger partial charge < -0.3 is 9.52 Å². The monoisotopic (exact) mass is 230 g/mol. The van der Waals surface area contributed by atoms with Crippen molar-refractivity contribution in [3.05, 3.63) is 59.5 Å². The number of hydrogen-bond donors (Lipinski definition) is 1. The molecule has 0 fully saturated rings. The Morgan fingerprint density at radius 1 is 1.06 bits per heavy atom. The molecule has 0 aliphatic heterocycles. The molecule has 17 heavy (non-hydrogen) atoms. The number of furan rings is 1. The minimum atomic E-state index is -1.06. The third-order valence-electron chi connectivity index (χ3n) is 3.17. The number of aliphatic hydroxyl groups is 1. The maximum atomic E-state index is 11.0. The van der Waals surface area contributed by atoms with Gasteiger partial charge in [-0.25, -0.2) is 0 Å². The fourth-order valence-corrected chi connectivity index (χ4v) is 2.09. The summed E-state index contributed by atoms with van der Waals surface area (Å²) in [6, 6.07) is 13.4. The zero-order chi connectivity index (χ0) is 12.5. The molecular weight excluding hydrogens is 212 g/mol. The molecule has 1 aromatic carbocycles. The van der Waals surface area contributed by atoms with Crippen LogP contribution in [-0.2, 0) is 5.60 Å². The molecule has 0 bridgehead atoms. The van der Waals surface area contributed by atoms with Crippen LogP contribution in [-0.4, -0.2) is 5.11 Å². The van der Waals surface area contributed by atoms with Crippen LogP contribution in [0.5, 0.6) is 0 Å². The van der Waals surface area contributed by atoms with Gasteiger partial charge in [-0.05, 0) is 30.5 Å². The molecule has 1 N–H and O–H groups in total. The van der Waals surface area contributed by atoms with Crippen LogP contribution in [0.1, 0.15) is 30.9 Å². The van der Waals surface area contributed by atoms with Gasteiger partial charge >= 0.3 is 0 Å². The van der Waals surface area contributed by atoms with Crippen LogP contribution >= 0.6 is 0 Å². The van der Waals surface area contributed by atoms with Crippen LogP contribution in [0.4, 0.5) is 0 Å². The van der Waals surface area contributed by atoms with Crippen molar-refractivity contribution < 1.29 is 9.52 Å². The SMILES string of the molecule is Cc1ccc(C(O)(c2ccccc2)C(C)C)o1. The van der Waals surface area contributed by atoms with Gasteiger partial charge in [-0.15, -0.1) is 0 Å². The van der Waals surface area contributed by atoms with E-state index in [4.69, 9.17) is 4.42 Å². The second-order valence-electron chi connectivity index (χ2n) is 4.70. The summed E-state index contributed by atoms with van der Waals surface area (Å²) in [4.78, 5) is 0. The van der Waals surface area contributed by atoms with Gasteiger partial charge in [-0.2, -0.15) is 0 Å². The second-order valence-corrected chi connectivity index (χ2v) is 4.70. The minimum Gasteiger partial charge on any atom is -0.463 e. The van der Waals surface area contributed by atoms with Crippen molar-refractivity contribution in [2.75, 3.05) is 0 Å². The second kappa shape index (κ2) is 4.38. The predicted molar refractivity (Wildman–Crippen MR) is 67.7 cm³/mol. The number of benzene rings is 1. The van der Waals surface area contributed by atoms with Crippen molar-refractivity contribution in [1.82, 2.24) is 0 Å². The summed E-state index contributed by atoms with van der Waals surface area (Å²) in [7, 11) is 0. The number of aryl methyl sites for hydroxylation is 1. The average Bonchev–Trinajstić information content (AvgIpc) is 2.76. The number of rotatable bonds is 3. The Balaban J connectivity index is 2.54. The highest BCUT2D eigenvalue weighted by molar-refractivity contribution is 5.32. The first kappa shape index (κ1) is 11.9. The van der Waals surface area contributed by atoms with E-state index in [1.807, 2.05) is 63.2 Å². The lowest BCUT2D eigenvalue weighted by Gasteiger charge is -2.30. The van der Waals surface area contributed by atoms with E-state index in [1.54, 1.807) is 0 Å². The van der Waals surface area contributed by atoms with Crippen molar-refractivity contribution in [1.29, 1.82) is 0 Å². The summed E-state index contributed by atoms with van der Waals surface area (Å²) in [5.41, 5.74) is -0.195. The Hall–Kier alpha value is -1.54. The summed E-state index contributed by atoms with van der Waals surface area (Å²) in [6.07, 6.45) is 0. The highest BCUT2D eigenvalue weighted by Gasteiger charge is 2.37. The molecule has 90 valence electrons. The molecule has 0 saturated heterocycles. The summed E-state index contributed by atoms with van der Waals surface area (Å²) in [5, 5.41) is 11.0. The topological polar surface area (TPSA) is 33.4 Å². The fourth-order valence-electron chi connectivity index (χ4n) is 2.09. The Kier molecular flexibility index (Phi) is 3.07. The van der Waals surface area contributed by atoms with Gasteiger partial charge in [0, 0.05) is 0 Å². The molecule has 2 rings (SSSR count). The Labute approximate surface area is 102 Å². The molecule has 0 amide bonds. The molecule has 0 aliphatic carbocycles. The van der Waals surface area contributed by atoms with E-state index >= 15 is 0 Å². The van der Waals surface area contributed by atoms with Crippen molar-refractivity contribution >= 4 is 0 Å². The third kappa shape index (κ3) is 2.01. The van der Waals surface area contributed by atoms with E-state index in [1.165, 1.54) is 0 Å². The van der Waals surface area contributed by atoms with Crippen LogP contribution in [0.2, 0.25) is 0 Å². The summed E-state index contributed by atoms with van der Waals surface area (Å²) >= 11 is 0. The van der Waals surface area contributed by atoms with E-state index in [0.29, 0.717) is 5.76 Å². The molecule has 0 aliphatic rings. The van der Waals surface area contributed by atoms with E-state index in [2.05, 4.69) is 0 Å². The summed E-state index contributed by atoms with van der Waals surface area (Å²) in [5.74, 6) is 1.46. The minimum absolute atomic E-state index is 0.0375. The Morgan fingerprint density at radius 3 is 2.18 bits per heavy atom. The first-order chi connectivity index (χ1) is 8.05. The van der Waals surface area contributed by atoms with Crippen molar-refractivity contribution in [2.45, 2.75) is 26.4 Å². The van der Waals surface area contributed by atoms with E-state index < -0.39 is 5.60 Å². The molecule has 1 aromatic heterocycles. The maximum absolute atomic E-state index is 11.0. The molecule has 2 heteroatoms. The van der Waals surface area contributed by atoms with Gasteiger partial charge in [0.15, 0.2) is 0 Å². The first-order valence-corrected chi connectivity index (χ1v) is 5.90. The van der Waals surface area contributed by atoms with Gasteiger partial charge in [0.2, 0.25) is 0 Å².